The van der Waals surface area contributed by atoms with Gasteiger partial charge in [-0.3, -0.25) is 4.79 Å². The number of allylic oxidation sites excluding steroid dienone is 1. The molecule has 4 fully saturated rings. The van der Waals surface area contributed by atoms with Crippen LogP contribution in [0.4, 0.5) is 0 Å². The zero-order valence-electron chi connectivity index (χ0n) is 15.7. The summed E-state index contributed by atoms with van der Waals surface area (Å²) in [4.78, 5) is 12.0. The molecule has 0 aromatic carbocycles. The summed E-state index contributed by atoms with van der Waals surface area (Å²) in [6.07, 6.45) is 9.67. The summed E-state index contributed by atoms with van der Waals surface area (Å²) in [5.74, 6) is 3.20. The maximum Gasteiger partial charge on any atom is 0.155 e. The van der Waals surface area contributed by atoms with Crippen LogP contribution in [0.15, 0.2) is 11.6 Å². The molecule has 2 heteroatoms. The second kappa shape index (κ2) is 4.19. The van der Waals surface area contributed by atoms with Crippen molar-refractivity contribution in [3.63, 3.8) is 0 Å². The van der Waals surface area contributed by atoms with Crippen molar-refractivity contribution in [3.8, 4) is 0 Å². The molecule has 0 saturated heterocycles. The van der Waals surface area contributed by atoms with Crippen LogP contribution < -0.4 is 0 Å². The zero-order chi connectivity index (χ0) is 17.1. The normalized spacial score (nSPS) is 61.4. The highest BCUT2D eigenvalue weighted by Gasteiger charge is 2.81. The second-order valence-electron chi connectivity index (χ2n) is 10.7. The van der Waals surface area contributed by atoms with Crippen molar-refractivity contribution in [2.45, 2.75) is 78.2 Å². The molecule has 0 aromatic heterocycles. The maximum absolute atomic E-state index is 12.0. The van der Waals surface area contributed by atoms with Gasteiger partial charge >= 0.3 is 0 Å². The number of carbonyl (C=O) groups excluding carboxylic acids is 1. The predicted octanol–water partition coefficient (Wildman–Crippen LogP) is 4.52. The minimum absolute atomic E-state index is 0.0994. The molecule has 5 aliphatic rings. The molecule has 1 N–H and O–H groups in total. The van der Waals surface area contributed by atoms with Crippen LogP contribution in [0, 0.1) is 39.9 Å². The Balaban J connectivity index is 1.62. The number of hydrogen-bond acceptors (Lipinski definition) is 2. The first kappa shape index (κ1) is 15.6. The van der Waals surface area contributed by atoms with Crippen LogP contribution in [-0.2, 0) is 4.79 Å². The molecule has 8 atom stereocenters. The lowest BCUT2D eigenvalue weighted by molar-refractivity contribution is -0.156. The molecular formula is C22H32O2. The van der Waals surface area contributed by atoms with Gasteiger partial charge in [0.2, 0.25) is 0 Å². The van der Waals surface area contributed by atoms with Gasteiger partial charge in [0.25, 0.3) is 0 Å². The Bertz CT molecular complexity index is 661. The molecule has 0 aromatic rings. The van der Waals surface area contributed by atoms with Crippen molar-refractivity contribution in [2.24, 2.45) is 39.9 Å². The lowest BCUT2D eigenvalue weighted by Gasteiger charge is -2.62. The lowest BCUT2D eigenvalue weighted by Crippen LogP contribution is -2.58. The first-order chi connectivity index (χ1) is 11.2. The second-order valence-corrected chi connectivity index (χ2v) is 10.7. The van der Waals surface area contributed by atoms with Crippen molar-refractivity contribution in [1.29, 1.82) is 0 Å². The Morgan fingerprint density at radius 3 is 2.67 bits per heavy atom. The van der Waals surface area contributed by atoms with E-state index in [-0.39, 0.29) is 10.8 Å². The topological polar surface area (TPSA) is 37.3 Å². The Morgan fingerprint density at radius 2 is 1.92 bits per heavy atom. The minimum Gasteiger partial charge on any atom is -0.390 e. The number of aliphatic hydroxyl groups is 1. The summed E-state index contributed by atoms with van der Waals surface area (Å²) in [5.41, 5.74) is 1.69. The maximum atomic E-state index is 12.0. The number of carbonyl (C=O) groups is 1. The van der Waals surface area contributed by atoms with Crippen molar-refractivity contribution >= 4 is 5.78 Å². The average molecular weight is 328 g/mol. The van der Waals surface area contributed by atoms with Crippen LogP contribution in [-0.4, -0.2) is 16.5 Å². The summed E-state index contributed by atoms with van der Waals surface area (Å²) < 4.78 is 0. The SMILES string of the molecule is C[C@@H]1CC2=CC(=O)CC[C@]2(C)[C@H]2CC[C@@]3(C)[C@]4(C[C@H]4C[C@]3(C)O)[C@H]12. The molecule has 0 aliphatic heterocycles. The third-order valence-electron chi connectivity index (χ3n) is 9.93. The molecule has 24 heavy (non-hydrogen) atoms. The fourth-order valence-corrected chi connectivity index (χ4v) is 8.53. The van der Waals surface area contributed by atoms with E-state index in [1.54, 1.807) is 0 Å². The third kappa shape index (κ3) is 1.48. The van der Waals surface area contributed by atoms with Crippen LogP contribution >= 0.6 is 0 Å². The van der Waals surface area contributed by atoms with E-state index >= 15 is 0 Å². The van der Waals surface area contributed by atoms with Gasteiger partial charge in [0, 0.05) is 11.8 Å². The van der Waals surface area contributed by atoms with Gasteiger partial charge in [-0.15, -0.1) is 0 Å². The first-order valence-electron chi connectivity index (χ1n) is 10.1. The summed E-state index contributed by atoms with van der Waals surface area (Å²) in [7, 11) is 0. The predicted molar refractivity (Wildman–Crippen MR) is 94.3 cm³/mol. The Morgan fingerprint density at radius 1 is 1.17 bits per heavy atom. The summed E-state index contributed by atoms with van der Waals surface area (Å²) in [5, 5.41) is 11.2. The number of ketones is 1. The zero-order valence-corrected chi connectivity index (χ0v) is 15.7. The number of fused-ring (bicyclic) bond motifs is 3. The van der Waals surface area contributed by atoms with Crippen molar-refractivity contribution in [2.75, 3.05) is 0 Å². The molecule has 0 heterocycles. The standard InChI is InChI=1S/C22H32O2/c1-13-9-14-10-16(23)5-7-19(14,2)17-6-8-20(3)21(4,24)11-15-12-22(15,20)18(13)17/h10,13,15,17-18,24H,5-9,11-12H2,1-4H3/t13-,15-,17+,18-,19+,20-,21+,22+/m1/s1. The van der Waals surface area contributed by atoms with E-state index in [0.717, 1.165) is 37.5 Å². The molecule has 0 bridgehead atoms. The highest BCUT2D eigenvalue weighted by Crippen LogP contribution is 2.85. The van der Waals surface area contributed by atoms with E-state index < -0.39 is 5.60 Å². The molecule has 4 saturated carbocycles. The van der Waals surface area contributed by atoms with Gasteiger partial charge in [-0.1, -0.05) is 26.3 Å². The average Bonchev–Trinajstić information content (AvgIpc) is 3.14. The molecule has 0 unspecified atom stereocenters. The van der Waals surface area contributed by atoms with Crippen molar-refractivity contribution < 1.29 is 9.90 Å². The Labute approximate surface area is 146 Å². The van der Waals surface area contributed by atoms with Gasteiger partial charge in [-0.2, -0.15) is 0 Å². The Hall–Kier alpha value is -0.630. The molecular weight excluding hydrogens is 296 g/mol. The molecule has 5 rings (SSSR count). The lowest BCUT2D eigenvalue weighted by atomic mass is 9.42. The van der Waals surface area contributed by atoms with Gasteiger partial charge in [-0.05, 0) is 86.0 Å². The molecule has 1 spiro atoms. The summed E-state index contributed by atoms with van der Waals surface area (Å²) in [6.45, 7) is 9.40. The summed E-state index contributed by atoms with van der Waals surface area (Å²) >= 11 is 0. The quantitative estimate of drug-likeness (QED) is 0.710. The van der Waals surface area contributed by atoms with E-state index in [1.807, 2.05) is 6.08 Å². The van der Waals surface area contributed by atoms with Crippen LogP contribution in [0.3, 0.4) is 0 Å². The van der Waals surface area contributed by atoms with E-state index in [0.29, 0.717) is 23.0 Å². The van der Waals surface area contributed by atoms with Crippen LogP contribution in [0.5, 0.6) is 0 Å². The molecule has 5 aliphatic carbocycles. The molecule has 2 nitrogen and oxygen atoms in total. The van der Waals surface area contributed by atoms with E-state index in [9.17, 15) is 9.90 Å². The molecule has 132 valence electrons. The van der Waals surface area contributed by atoms with E-state index in [4.69, 9.17) is 0 Å². The highest BCUT2D eigenvalue weighted by molar-refractivity contribution is 5.91. The van der Waals surface area contributed by atoms with Crippen LogP contribution in [0.25, 0.3) is 0 Å². The number of hydrogen-bond donors (Lipinski definition) is 1. The monoisotopic (exact) mass is 328 g/mol. The van der Waals surface area contributed by atoms with Gasteiger partial charge in [0.15, 0.2) is 5.78 Å². The van der Waals surface area contributed by atoms with Crippen molar-refractivity contribution in [3.05, 3.63) is 11.6 Å². The first-order valence-corrected chi connectivity index (χ1v) is 10.1. The summed E-state index contributed by atoms with van der Waals surface area (Å²) in [6, 6.07) is 0. The molecule has 0 amide bonds. The van der Waals surface area contributed by atoms with Gasteiger partial charge < -0.3 is 5.11 Å². The minimum atomic E-state index is -0.486. The number of rotatable bonds is 0. The van der Waals surface area contributed by atoms with E-state index in [2.05, 4.69) is 27.7 Å². The molecule has 0 radical (unpaired) electrons. The fraction of sp³-hybridized carbons (Fsp3) is 0.864. The van der Waals surface area contributed by atoms with E-state index in [1.165, 1.54) is 24.8 Å². The van der Waals surface area contributed by atoms with Gasteiger partial charge in [-0.25, -0.2) is 0 Å². The van der Waals surface area contributed by atoms with Crippen LogP contribution in [0.1, 0.15) is 72.6 Å². The van der Waals surface area contributed by atoms with Crippen LogP contribution in [0.2, 0.25) is 0 Å². The van der Waals surface area contributed by atoms with Gasteiger partial charge in [0.1, 0.15) is 0 Å². The Kier molecular flexibility index (Phi) is 2.73. The smallest absolute Gasteiger partial charge is 0.155 e. The highest BCUT2D eigenvalue weighted by atomic mass is 16.3. The largest absolute Gasteiger partial charge is 0.390 e. The van der Waals surface area contributed by atoms with Gasteiger partial charge in [0.05, 0.1) is 5.60 Å². The third-order valence-corrected chi connectivity index (χ3v) is 9.93. The van der Waals surface area contributed by atoms with Crippen molar-refractivity contribution in [1.82, 2.24) is 0 Å². The fourth-order valence-electron chi connectivity index (χ4n) is 8.53.